The zero-order valence-electron chi connectivity index (χ0n) is 11.9. The van der Waals surface area contributed by atoms with Gasteiger partial charge in [-0.05, 0) is 19.1 Å². The van der Waals surface area contributed by atoms with E-state index in [-0.39, 0.29) is 12.6 Å². The topological polar surface area (TPSA) is 76.7 Å². The van der Waals surface area contributed by atoms with E-state index < -0.39 is 11.8 Å². The van der Waals surface area contributed by atoms with Crippen LogP contribution in [0, 0.1) is 6.92 Å². The van der Waals surface area contributed by atoms with Crippen LogP contribution in [-0.2, 0) is 19.1 Å². The highest BCUT2D eigenvalue weighted by Crippen LogP contribution is 2.24. The summed E-state index contributed by atoms with van der Waals surface area (Å²) >= 11 is 1.60. The van der Waals surface area contributed by atoms with E-state index in [1.54, 1.807) is 18.4 Å². The van der Waals surface area contributed by atoms with Gasteiger partial charge in [0.1, 0.15) is 6.10 Å². The first-order chi connectivity index (χ1) is 9.58. The van der Waals surface area contributed by atoms with Crippen molar-refractivity contribution < 1.29 is 19.1 Å². The number of amides is 2. The van der Waals surface area contributed by atoms with Gasteiger partial charge in [-0.1, -0.05) is 0 Å². The van der Waals surface area contributed by atoms with Gasteiger partial charge in [0.25, 0.3) is 0 Å². The van der Waals surface area contributed by atoms with E-state index in [0.717, 1.165) is 4.88 Å². The fourth-order valence-corrected chi connectivity index (χ4v) is 2.49. The summed E-state index contributed by atoms with van der Waals surface area (Å²) in [6.45, 7) is 2.93. The number of ether oxygens (including phenoxy) is 2. The van der Waals surface area contributed by atoms with E-state index in [1.165, 1.54) is 12.0 Å². The molecule has 0 saturated carbocycles. The third kappa shape index (κ3) is 5.28. The summed E-state index contributed by atoms with van der Waals surface area (Å²) in [6, 6.07) is 3.95. The van der Waals surface area contributed by atoms with E-state index in [2.05, 4.69) is 10.6 Å². The number of carbonyl (C=O) groups excluding carboxylic acids is 2. The smallest absolute Gasteiger partial charge is 0.309 e. The molecule has 6 nitrogen and oxygen atoms in total. The molecule has 0 aliphatic carbocycles. The largest absolute Gasteiger partial charge is 0.383 e. The molecular weight excluding hydrogens is 280 g/mol. The molecule has 1 aromatic heterocycles. The Kier molecular flexibility index (Phi) is 7.21. The number of methoxy groups -OCH3 is 2. The van der Waals surface area contributed by atoms with Crippen LogP contribution >= 0.6 is 11.3 Å². The zero-order valence-corrected chi connectivity index (χ0v) is 12.7. The van der Waals surface area contributed by atoms with E-state index in [1.807, 2.05) is 19.1 Å². The summed E-state index contributed by atoms with van der Waals surface area (Å²) in [5.41, 5.74) is 0. The van der Waals surface area contributed by atoms with Gasteiger partial charge >= 0.3 is 11.8 Å². The average molecular weight is 300 g/mol. The molecule has 0 bridgehead atoms. The van der Waals surface area contributed by atoms with Gasteiger partial charge in [-0.3, -0.25) is 9.59 Å². The van der Waals surface area contributed by atoms with Gasteiger partial charge in [0.15, 0.2) is 0 Å². The summed E-state index contributed by atoms with van der Waals surface area (Å²) in [7, 11) is 3.10. The Morgan fingerprint density at radius 3 is 2.50 bits per heavy atom. The SMILES string of the molecule is COCCNC(=O)C(=O)NCC(OC)c1ccc(C)s1. The second kappa shape index (κ2) is 8.68. The van der Waals surface area contributed by atoms with Crippen molar-refractivity contribution in [1.29, 1.82) is 0 Å². The van der Waals surface area contributed by atoms with Crippen molar-refractivity contribution in [2.75, 3.05) is 33.9 Å². The molecule has 1 heterocycles. The number of nitrogens with one attached hydrogen (secondary N) is 2. The maximum atomic E-state index is 11.6. The van der Waals surface area contributed by atoms with Crippen LogP contribution in [0.2, 0.25) is 0 Å². The van der Waals surface area contributed by atoms with E-state index >= 15 is 0 Å². The number of hydrogen-bond acceptors (Lipinski definition) is 5. The number of carbonyl (C=O) groups is 2. The Labute approximate surface area is 122 Å². The molecule has 112 valence electrons. The first-order valence-corrected chi connectivity index (χ1v) is 7.04. The maximum absolute atomic E-state index is 11.6. The minimum Gasteiger partial charge on any atom is -0.383 e. The minimum atomic E-state index is -0.670. The fourth-order valence-electron chi connectivity index (χ4n) is 1.54. The van der Waals surface area contributed by atoms with Crippen LogP contribution in [0.3, 0.4) is 0 Å². The molecule has 0 spiro atoms. The molecule has 1 unspecified atom stereocenters. The lowest BCUT2D eigenvalue weighted by Gasteiger charge is -2.14. The van der Waals surface area contributed by atoms with Crippen LogP contribution in [0.4, 0.5) is 0 Å². The average Bonchev–Trinajstić information content (AvgIpc) is 2.86. The summed E-state index contributed by atoms with van der Waals surface area (Å²) in [5.74, 6) is -1.34. The Balaban J connectivity index is 2.40. The van der Waals surface area contributed by atoms with Crippen molar-refractivity contribution >= 4 is 23.2 Å². The number of rotatable bonds is 7. The molecule has 1 rings (SSSR count). The highest BCUT2D eigenvalue weighted by molar-refractivity contribution is 7.12. The van der Waals surface area contributed by atoms with Crippen LogP contribution in [-0.4, -0.2) is 45.7 Å². The molecule has 2 N–H and O–H groups in total. The molecule has 1 aromatic rings. The van der Waals surface area contributed by atoms with Gasteiger partial charge in [-0.15, -0.1) is 11.3 Å². The lowest BCUT2D eigenvalue weighted by Crippen LogP contribution is -2.42. The lowest BCUT2D eigenvalue weighted by atomic mass is 10.3. The summed E-state index contributed by atoms with van der Waals surface area (Å²) in [4.78, 5) is 25.2. The molecule has 20 heavy (non-hydrogen) atoms. The molecule has 1 atom stereocenters. The molecule has 0 radical (unpaired) electrons. The van der Waals surface area contributed by atoms with Crippen molar-refractivity contribution in [2.45, 2.75) is 13.0 Å². The van der Waals surface area contributed by atoms with Crippen molar-refractivity contribution in [3.8, 4) is 0 Å². The molecule has 0 saturated heterocycles. The molecule has 2 amide bonds. The van der Waals surface area contributed by atoms with Crippen LogP contribution < -0.4 is 10.6 Å². The summed E-state index contributed by atoms with van der Waals surface area (Å²) in [5, 5.41) is 5.01. The Hall–Kier alpha value is -1.44. The van der Waals surface area contributed by atoms with E-state index in [4.69, 9.17) is 9.47 Å². The predicted octanol–water partition coefficient (Wildman–Crippen LogP) is 0.623. The molecule has 0 aliphatic heterocycles. The predicted molar refractivity (Wildman–Crippen MR) is 76.7 cm³/mol. The van der Waals surface area contributed by atoms with Crippen molar-refractivity contribution in [3.05, 3.63) is 21.9 Å². The molecule has 7 heteroatoms. The van der Waals surface area contributed by atoms with Gasteiger partial charge in [-0.25, -0.2) is 0 Å². The lowest BCUT2D eigenvalue weighted by molar-refractivity contribution is -0.139. The van der Waals surface area contributed by atoms with Gasteiger partial charge in [-0.2, -0.15) is 0 Å². The van der Waals surface area contributed by atoms with Crippen molar-refractivity contribution in [3.63, 3.8) is 0 Å². The Morgan fingerprint density at radius 1 is 1.25 bits per heavy atom. The number of thiophene rings is 1. The molecule has 0 aromatic carbocycles. The monoisotopic (exact) mass is 300 g/mol. The maximum Gasteiger partial charge on any atom is 0.309 e. The van der Waals surface area contributed by atoms with Crippen LogP contribution in [0.25, 0.3) is 0 Å². The van der Waals surface area contributed by atoms with Crippen molar-refractivity contribution in [2.24, 2.45) is 0 Å². The zero-order chi connectivity index (χ0) is 15.0. The van der Waals surface area contributed by atoms with Gasteiger partial charge < -0.3 is 20.1 Å². The van der Waals surface area contributed by atoms with Gasteiger partial charge in [0.05, 0.1) is 6.61 Å². The van der Waals surface area contributed by atoms with Gasteiger partial charge in [0, 0.05) is 37.1 Å². The fraction of sp³-hybridized carbons (Fsp3) is 0.538. The standard InChI is InChI=1S/C13H20N2O4S/c1-9-4-5-11(20-9)10(19-3)8-15-13(17)12(16)14-6-7-18-2/h4-5,10H,6-8H2,1-3H3,(H,14,16)(H,15,17). The van der Waals surface area contributed by atoms with Gasteiger partial charge in [0.2, 0.25) is 0 Å². The first-order valence-electron chi connectivity index (χ1n) is 6.22. The number of hydrogen-bond donors (Lipinski definition) is 2. The highest BCUT2D eigenvalue weighted by atomic mass is 32.1. The quantitative estimate of drug-likeness (QED) is 0.572. The molecule has 0 aliphatic rings. The third-order valence-electron chi connectivity index (χ3n) is 2.61. The summed E-state index contributed by atoms with van der Waals surface area (Å²) in [6.07, 6.45) is -0.246. The molecular formula is C13H20N2O4S. The van der Waals surface area contributed by atoms with Crippen LogP contribution in [0.5, 0.6) is 0 Å². The van der Waals surface area contributed by atoms with E-state index in [0.29, 0.717) is 13.2 Å². The molecule has 0 fully saturated rings. The van der Waals surface area contributed by atoms with Crippen LogP contribution in [0.1, 0.15) is 15.9 Å². The first kappa shape index (κ1) is 16.6. The second-order valence-electron chi connectivity index (χ2n) is 4.13. The Morgan fingerprint density at radius 2 is 1.95 bits per heavy atom. The van der Waals surface area contributed by atoms with Crippen LogP contribution in [0.15, 0.2) is 12.1 Å². The van der Waals surface area contributed by atoms with E-state index in [9.17, 15) is 9.59 Å². The Bertz CT molecular complexity index is 447. The third-order valence-corrected chi connectivity index (χ3v) is 3.70. The normalized spacial score (nSPS) is 11.9. The van der Waals surface area contributed by atoms with Crippen molar-refractivity contribution in [1.82, 2.24) is 10.6 Å². The second-order valence-corrected chi connectivity index (χ2v) is 5.45. The number of aryl methyl sites for hydroxylation is 1. The minimum absolute atomic E-state index is 0.246. The summed E-state index contributed by atoms with van der Waals surface area (Å²) < 4.78 is 10.1. The highest BCUT2D eigenvalue weighted by Gasteiger charge is 2.17.